The van der Waals surface area contributed by atoms with E-state index in [0.29, 0.717) is 28.4 Å². The number of hydrogen-bond acceptors (Lipinski definition) is 11. The number of carbonyl (C=O) groups is 1. The molecule has 1 fully saturated rings. The van der Waals surface area contributed by atoms with E-state index < -0.39 is 23.7 Å². The van der Waals surface area contributed by atoms with Gasteiger partial charge in [0.05, 0.1) is 36.3 Å². The monoisotopic (exact) mass is 465 g/mol. The van der Waals surface area contributed by atoms with Crippen LogP contribution in [0.5, 0.6) is 0 Å². The lowest BCUT2D eigenvalue weighted by molar-refractivity contribution is -0.136. The van der Waals surface area contributed by atoms with Gasteiger partial charge in [0.1, 0.15) is 17.5 Å². The fraction of sp³-hybridized carbons (Fsp3) is 0.400. The Hall–Kier alpha value is -4.04. The van der Waals surface area contributed by atoms with E-state index >= 15 is 0 Å². The maximum Gasteiger partial charge on any atom is 0.256 e. The van der Waals surface area contributed by atoms with Gasteiger partial charge in [-0.3, -0.25) is 14.8 Å². The molecule has 0 spiro atoms. The quantitative estimate of drug-likeness (QED) is 0.293. The Morgan fingerprint density at radius 1 is 1.18 bits per heavy atom. The molecular weight excluding hydrogens is 442 g/mol. The molecule has 1 amide bonds. The fourth-order valence-electron chi connectivity index (χ4n) is 4.37. The van der Waals surface area contributed by atoms with Gasteiger partial charge in [-0.05, 0) is 13.3 Å². The Morgan fingerprint density at radius 3 is 2.71 bits per heavy atom. The number of amides is 1. The van der Waals surface area contributed by atoms with Crippen LogP contribution in [-0.2, 0) is 4.79 Å². The number of nitrogens with zero attached hydrogens (tertiary/aromatic N) is 9. The third-order valence-corrected chi connectivity index (χ3v) is 6.28. The molecule has 4 unspecified atom stereocenters. The van der Waals surface area contributed by atoms with Crippen LogP contribution in [0.4, 0.5) is 5.82 Å². The number of imidazole rings is 1. The van der Waals surface area contributed by atoms with E-state index in [1.54, 1.807) is 43.3 Å². The molecule has 5 rings (SSSR count). The second-order valence-electron chi connectivity index (χ2n) is 8.29. The number of fused-ring (bicyclic) bond motifs is 1. The predicted molar refractivity (Wildman–Crippen MR) is 119 cm³/mol. The first kappa shape index (κ1) is 21.8. The molecule has 4 aromatic rings. The van der Waals surface area contributed by atoms with E-state index in [1.165, 1.54) is 18.1 Å². The SMILES string of the molecule is CNC(=O)C1(C)CC(n2cnc3c(NC)nc(-n4cc(-c5cnccn5)nn4)nc32)C(O)C1O. The molecule has 0 aliphatic heterocycles. The van der Waals surface area contributed by atoms with Crippen LogP contribution in [0.3, 0.4) is 0 Å². The molecule has 14 nitrogen and oxygen atoms in total. The van der Waals surface area contributed by atoms with Crippen LogP contribution in [0.2, 0.25) is 0 Å². The van der Waals surface area contributed by atoms with Gasteiger partial charge in [0.25, 0.3) is 5.95 Å². The van der Waals surface area contributed by atoms with Crippen LogP contribution in [0.1, 0.15) is 19.4 Å². The zero-order chi connectivity index (χ0) is 24.0. The average molecular weight is 465 g/mol. The number of hydrogen-bond donors (Lipinski definition) is 4. The van der Waals surface area contributed by atoms with Crippen molar-refractivity contribution in [3.8, 4) is 17.3 Å². The van der Waals surface area contributed by atoms with Crippen molar-refractivity contribution in [1.29, 1.82) is 0 Å². The van der Waals surface area contributed by atoms with E-state index in [-0.39, 0.29) is 18.3 Å². The van der Waals surface area contributed by atoms with Gasteiger partial charge in [0.2, 0.25) is 5.91 Å². The first-order chi connectivity index (χ1) is 16.4. The van der Waals surface area contributed by atoms with Crippen molar-refractivity contribution in [3.05, 3.63) is 31.1 Å². The van der Waals surface area contributed by atoms with Gasteiger partial charge in [-0.15, -0.1) is 5.10 Å². The van der Waals surface area contributed by atoms with Crippen molar-refractivity contribution in [1.82, 2.24) is 49.8 Å². The second-order valence-corrected chi connectivity index (χ2v) is 8.29. The Balaban J connectivity index is 1.58. The normalized spacial score (nSPS) is 24.4. The molecule has 4 N–H and O–H groups in total. The molecule has 1 aliphatic carbocycles. The van der Waals surface area contributed by atoms with Crippen molar-refractivity contribution in [2.45, 2.75) is 31.6 Å². The van der Waals surface area contributed by atoms with Crippen molar-refractivity contribution >= 4 is 22.9 Å². The maximum atomic E-state index is 12.5. The topological polar surface area (TPSA) is 182 Å². The molecule has 0 radical (unpaired) electrons. The standard InChI is InChI=1S/C20H23N11O3/c1-20(18(34)22-3)6-12(14(32)15(20)33)30-9-25-13-16(21-2)26-19(27-17(13)30)31-8-11(28-29-31)10-7-23-4-5-24-10/h4-5,7-9,12,14-15,32-33H,6H2,1-3H3,(H,22,34)(H,21,26,27). The van der Waals surface area contributed by atoms with E-state index in [4.69, 9.17) is 0 Å². The zero-order valence-electron chi connectivity index (χ0n) is 18.7. The van der Waals surface area contributed by atoms with Crippen molar-refractivity contribution in [2.24, 2.45) is 5.41 Å². The number of aliphatic hydroxyl groups is 2. The Morgan fingerprint density at radius 2 is 2.00 bits per heavy atom. The summed E-state index contributed by atoms with van der Waals surface area (Å²) in [4.78, 5) is 34.2. The van der Waals surface area contributed by atoms with Crippen LogP contribution in [0, 0.1) is 5.41 Å². The number of anilines is 1. The molecule has 34 heavy (non-hydrogen) atoms. The fourth-order valence-corrected chi connectivity index (χ4v) is 4.37. The first-order valence-electron chi connectivity index (χ1n) is 10.6. The van der Waals surface area contributed by atoms with E-state index in [1.807, 2.05) is 0 Å². The highest BCUT2D eigenvalue weighted by Gasteiger charge is 2.54. The largest absolute Gasteiger partial charge is 0.389 e. The van der Waals surface area contributed by atoms with Gasteiger partial charge >= 0.3 is 0 Å². The van der Waals surface area contributed by atoms with Crippen molar-refractivity contribution in [2.75, 3.05) is 19.4 Å². The number of aliphatic hydroxyl groups excluding tert-OH is 2. The number of nitrogens with one attached hydrogen (secondary N) is 2. The van der Waals surface area contributed by atoms with Gasteiger partial charge in [-0.1, -0.05) is 5.21 Å². The van der Waals surface area contributed by atoms with E-state index in [0.717, 1.165) is 0 Å². The summed E-state index contributed by atoms with van der Waals surface area (Å²) in [6.45, 7) is 1.63. The smallest absolute Gasteiger partial charge is 0.256 e. The highest BCUT2D eigenvalue weighted by Crippen LogP contribution is 2.45. The van der Waals surface area contributed by atoms with E-state index in [2.05, 4.69) is 45.9 Å². The summed E-state index contributed by atoms with van der Waals surface area (Å²) < 4.78 is 3.06. The molecule has 4 atom stereocenters. The van der Waals surface area contributed by atoms with Crippen LogP contribution in [0.15, 0.2) is 31.1 Å². The average Bonchev–Trinajstić information content (AvgIpc) is 3.58. The van der Waals surface area contributed by atoms with Gasteiger partial charge in [0.15, 0.2) is 17.0 Å². The lowest BCUT2D eigenvalue weighted by atomic mass is 9.85. The number of rotatable bonds is 5. The Labute approximate surface area is 193 Å². The summed E-state index contributed by atoms with van der Waals surface area (Å²) in [6, 6.07) is -0.638. The summed E-state index contributed by atoms with van der Waals surface area (Å²) in [5.41, 5.74) is 0.741. The summed E-state index contributed by atoms with van der Waals surface area (Å²) in [6.07, 6.45) is 5.57. The third-order valence-electron chi connectivity index (χ3n) is 6.28. The van der Waals surface area contributed by atoms with Crippen molar-refractivity contribution in [3.63, 3.8) is 0 Å². The Kier molecular flexibility index (Phi) is 5.17. The van der Waals surface area contributed by atoms with Gasteiger partial charge in [-0.2, -0.15) is 14.6 Å². The van der Waals surface area contributed by atoms with Gasteiger partial charge in [0, 0.05) is 26.5 Å². The minimum atomic E-state index is -1.26. The third kappa shape index (κ3) is 3.26. The molecule has 4 heterocycles. The maximum absolute atomic E-state index is 12.5. The molecule has 0 aromatic carbocycles. The molecule has 4 aromatic heterocycles. The van der Waals surface area contributed by atoms with Gasteiger partial charge in [-0.25, -0.2) is 4.98 Å². The van der Waals surface area contributed by atoms with Crippen molar-refractivity contribution < 1.29 is 15.0 Å². The zero-order valence-corrected chi connectivity index (χ0v) is 18.7. The lowest BCUT2D eigenvalue weighted by Gasteiger charge is -2.26. The highest BCUT2D eigenvalue weighted by molar-refractivity contribution is 5.85. The minimum Gasteiger partial charge on any atom is -0.389 e. The molecular formula is C20H23N11O3. The van der Waals surface area contributed by atoms with E-state index in [9.17, 15) is 15.0 Å². The highest BCUT2D eigenvalue weighted by atomic mass is 16.3. The summed E-state index contributed by atoms with van der Waals surface area (Å²) in [5, 5.41) is 35.3. The molecule has 1 saturated carbocycles. The summed E-state index contributed by atoms with van der Waals surface area (Å²) in [7, 11) is 3.20. The summed E-state index contributed by atoms with van der Waals surface area (Å²) >= 11 is 0. The number of aromatic nitrogens is 9. The van der Waals surface area contributed by atoms with Crippen LogP contribution in [-0.4, -0.2) is 86.9 Å². The minimum absolute atomic E-state index is 0.189. The molecule has 14 heteroatoms. The van der Waals surface area contributed by atoms with Crippen LogP contribution >= 0.6 is 0 Å². The molecule has 0 bridgehead atoms. The molecule has 176 valence electrons. The predicted octanol–water partition coefficient (Wildman–Crippen LogP) is -0.675. The van der Waals surface area contributed by atoms with Gasteiger partial charge < -0.3 is 25.4 Å². The first-order valence-corrected chi connectivity index (χ1v) is 10.6. The lowest BCUT2D eigenvalue weighted by Crippen LogP contribution is -2.45. The second kappa shape index (κ2) is 8.07. The molecule has 0 saturated heterocycles. The summed E-state index contributed by atoms with van der Waals surface area (Å²) in [5.74, 6) is 0.303. The van der Waals surface area contributed by atoms with Crippen LogP contribution < -0.4 is 10.6 Å². The number of carbonyl (C=O) groups excluding carboxylic acids is 1. The Bertz CT molecular complexity index is 1350. The van der Waals surface area contributed by atoms with Crippen LogP contribution in [0.25, 0.3) is 28.5 Å². The molecule has 1 aliphatic rings.